The molecule has 1 aliphatic heterocycles. The van der Waals surface area contributed by atoms with E-state index in [1.807, 2.05) is 66.7 Å². The van der Waals surface area contributed by atoms with Gasteiger partial charge >= 0.3 is 5.97 Å². The van der Waals surface area contributed by atoms with Crippen LogP contribution in [0.15, 0.2) is 77.7 Å². The van der Waals surface area contributed by atoms with Crippen LogP contribution in [0.4, 0.5) is 11.4 Å². The number of nitrogens with one attached hydrogen (secondary N) is 2. The first kappa shape index (κ1) is 22.7. The molecule has 170 valence electrons. The van der Waals surface area contributed by atoms with Gasteiger partial charge in [0.25, 0.3) is 0 Å². The van der Waals surface area contributed by atoms with Gasteiger partial charge in [-0.2, -0.15) is 0 Å². The molecule has 33 heavy (non-hydrogen) atoms. The van der Waals surface area contributed by atoms with Crippen molar-refractivity contribution < 1.29 is 19.1 Å². The fourth-order valence-corrected chi connectivity index (χ4v) is 4.06. The minimum atomic E-state index is -0.499. The number of esters is 1. The van der Waals surface area contributed by atoms with E-state index in [0.29, 0.717) is 17.9 Å². The molecule has 2 N–H and O–H groups in total. The lowest BCUT2D eigenvalue weighted by atomic mass is 10.1. The lowest BCUT2D eigenvalue weighted by molar-refractivity contribution is -0.113. The highest BCUT2D eigenvalue weighted by molar-refractivity contribution is 8.00. The van der Waals surface area contributed by atoms with Crippen molar-refractivity contribution in [2.75, 3.05) is 23.0 Å². The SMILES string of the molecule is CCCCOc1ccc(NC(=O)CSc2ccc(N[C@H]3OC(=O)c4ccccc43)cc2)cc1. The Morgan fingerprint density at radius 3 is 2.48 bits per heavy atom. The van der Waals surface area contributed by atoms with E-state index in [-0.39, 0.29) is 11.9 Å². The van der Waals surface area contributed by atoms with E-state index in [2.05, 4.69) is 17.6 Å². The van der Waals surface area contributed by atoms with Crippen LogP contribution < -0.4 is 15.4 Å². The number of thioether (sulfide) groups is 1. The van der Waals surface area contributed by atoms with Gasteiger partial charge in [0.15, 0.2) is 0 Å². The summed E-state index contributed by atoms with van der Waals surface area (Å²) in [5, 5.41) is 6.13. The van der Waals surface area contributed by atoms with Crippen LogP contribution in [0.3, 0.4) is 0 Å². The van der Waals surface area contributed by atoms with Crippen molar-refractivity contribution in [1.29, 1.82) is 0 Å². The summed E-state index contributed by atoms with van der Waals surface area (Å²) >= 11 is 1.46. The Morgan fingerprint density at radius 2 is 1.73 bits per heavy atom. The van der Waals surface area contributed by atoms with Crippen molar-refractivity contribution in [3.8, 4) is 5.75 Å². The lowest BCUT2D eigenvalue weighted by Gasteiger charge is -2.14. The first-order chi connectivity index (χ1) is 16.1. The van der Waals surface area contributed by atoms with E-state index in [0.717, 1.165) is 40.4 Å². The molecule has 1 aliphatic rings. The van der Waals surface area contributed by atoms with Gasteiger partial charge in [0.1, 0.15) is 5.75 Å². The van der Waals surface area contributed by atoms with Crippen LogP contribution >= 0.6 is 11.8 Å². The highest BCUT2D eigenvalue weighted by Crippen LogP contribution is 2.32. The Balaban J connectivity index is 1.24. The Morgan fingerprint density at radius 1 is 1.00 bits per heavy atom. The van der Waals surface area contributed by atoms with Crippen LogP contribution in [-0.4, -0.2) is 24.2 Å². The maximum Gasteiger partial charge on any atom is 0.340 e. The lowest BCUT2D eigenvalue weighted by Crippen LogP contribution is -2.13. The number of cyclic esters (lactones) is 1. The molecule has 7 heteroatoms. The Hall–Kier alpha value is -3.45. The van der Waals surface area contributed by atoms with Gasteiger partial charge in [0.2, 0.25) is 12.1 Å². The molecule has 4 rings (SSSR count). The molecule has 0 saturated heterocycles. The minimum Gasteiger partial charge on any atom is -0.494 e. The maximum absolute atomic E-state index is 12.3. The quantitative estimate of drug-likeness (QED) is 0.223. The largest absolute Gasteiger partial charge is 0.494 e. The number of ether oxygens (including phenoxy) is 2. The Bertz CT molecular complexity index is 1100. The van der Waals surface area contributed by atoms with Gasteiger partial charge in [-0.15, -0.1) is 11.8 Å². The van der Waals surface area contributed by atoms with Crippen molar-refractivity contribution in [2.24, 2.45) is 0 Å². The molecule has 0 aliphatic carbocycles. The topological polar surface area (TPSA) is 76.7 Å². The summed E-state index contributed by atoms with van der Waals surface area (Å²) in [5.74, 6) is 0.714. The zero-order valence-corrected chi connectivity index (χ0v) is 19.2. The van der Waals surface area contributed by atoms with Gasteiger partial charge in [0.05, 0.1) is 17.9 Å². The highest BCUT2D eigenvalue weighted by Gasteiger charge is 2.30. The maximum atomic E-state index is 12.3. The number of anilines is 2. The molecule has 0 bridgehead atoms. The zero-order chi connectivity index (χ0) is 23.0. The summed E-state index contributed by atoms with van der Waals surface area (Å²) < 4.78 is 11.1. The van der Waals surface area contributed by atoms with Crippen LogP contribution in [-0.2, 0) is 9.53 Å². The number of unbranched alkanes of at least 4 members (excludes halogenated alkanes) is 1. The molecule has 1 atom stereocenters. The van der Waals surface area contributed by atoms with Crippen LogP contribution in [0.25, 0.3) is 0 Å². The predicted molar refractivity (Wildman–Crippen MR) is 131 cm³/mol. The van der Waals surface area contributed by atoms with Gasteiger partial charge in [-0.1, -0.05) is 31.5 Å². The summed E-state index contributed by atoms with van der Waals surface area (Å²) in [7, 11) is 0. The average Bonchev–Trinajstić information content (AvgIpc) is 3.15. The van der Waals surface area contributed by atoms with Crippen LogP contribution in [0.2, 0.25) is 0 Å². The standard InChI is InChI=1S/C26H26N2O4S/c1-2-3-16-31-20-12-8-18(9-13-20)27-24(29)17-33-21-14-10-19(11-15-21)28-25-22-6-4-5-7-23(22)26(30)32-25/h4-15,25,28H,2-3,16-17H2,1H3,(H,27,29)/t25-/m0/s1. The molecule has 0 saturated carbocycles. The fourth-order valence-electron chi connectivity index (χ4n) is 3.37. The molecule has 3 aromatic carbocycles. The van der Waals surface area contributed by atoms with Crippen LogP contribution in [0.1, 0.15) is 41.9 Å². The van der Waals surface area contributed by atoms with Gasteiger partial charge in [-0.3, -0.25) is 4.79 Å². The summed E-state index contributed by atoms with van der Waals surface area (Å²) in [6, 6.07) is 22.5. The second-order valence-corrected chi connectivity index (χ2v) is 8.65. The smallest absolute Gasteiger partial charge is 0.340 e. The third kappa shape index (κ3) is 6.08. The zero-order valence-electron chi connectivity index (χ0n) is 18.4. The molecule has 3 aromatic rings. The van der Waals surface area contributed by atoms with Crippen molar-refractivity contribution in [2.45, 2.75) is 30.9 Å². The van der Waals surface area contributed by atoms with Crippen molar-refractivity contribution in [1.82, 2.24) is 0 Å². The van der Waals surface area contributed by atoms with E-state index in [9.17, 15) is 9.59 Å². The van der Waals surface area contributed by atoms with Gasteiger partial charge in [-0.05, 0) is 61.0 Å². The third-order valence-electron chi connectivity index (χ3n) is 5.11. The molecule has 1 heterocycles. The van der Waals surface area contributed by atoms with E-state index < -0.39 is 6.23 Å². The molecular formula is C26H26N2O4S. The number of fused-ring (bicyclic) bond motifs is 1. The van der Waals surface area contributed by atoms with E-state index in [1.54, 1.807) is 6.07 Å². The number of amides is 1. The second-order valence-electron chi connectivity index (χ2n) is 7.60. The van der Waals surface area contributed by atoms with Gasteiger partial charge in [0, 0.05) is 21.8 Å². The van der Waals surface area contributed by atoms with Crippen LogP contribution in [0, 0.1) is 0 Å². The first-order valence-electron chi connectivity index (χ1n) is 10.9. The van der Waals surface area contributed by atoms with Gasteiger partial charge in [-0.25, -0.2) is 4.79 Å². The number of hydrogen-bond donors (Lipinski definition) is 2. The Kier molecular flexibility index (Phi) is 7.52. The number of rotatable bonds is 10. The van der Waals surface area contributed by atoms with Crippen molar-refractivity contribution >= 4 is 35.0 Å². The molecule has 6 nitrogen and oxygen atoms in total. The molecule has 0 radical (unpaired) electrons. The molecule has 0 aromatic heterocycles. The fraction of sp³-hybridized carbons (Fsp3) is 0.231. The monoisotopic (exact) mass is 462 g/mol. The summed E-state index contributed by atoms with van der Waals surface area (Å²) in [4.78, 5) is 25.2. The van der Waals surface area contributed by atoms with Crippen molar-refractivity contribution in [3.05, 3.63) is 83.9 Å². The average molecular weight is 463 g/mol. The number of carbonyl (C=O) groups excluding carboxylic acids is 2. The third-order valence-corrected chi connectivity index (χ3v) is 6.13. The van der Waals surface area contributed by atoms with E-state index in [1.165, 1.54) is 11.8 Å². The molecule has 0 spiro atoms. The molecule has 0 fully saturated rings. The van der Waals surface area contributed by atoms with Gasteiger partial charge < -0.3 is 20.1 Å². The molecule has 0 unspecified atom stereocenters. The summed E-state index contributed by atoms with van der Waals surface area (Å²) in [6.45, 7) is 2.82. The molecule has 1 amide bonds. The van der Waals surface area contributed by atoms with Crippen LogP contribution in [0.5, 0.6) is 5.75 Å². The molecular weight excluding hydrogens is 436 g/mol. The Labute approximate surface area is 197 Å². The van der Waals surface area contributed by atoms with Crippen molar-refractivity contribution in [3.63, 3.8) is 0 Å². The highest BCUT2D eigenvalue weighted by atomic mass is 32.2. The van der Waals surface area contributed by atoms with E-state index in [4.69, 9.17) is 9.47 Å². The normalized spacial score (nSPS) is 14.3. The summed E-state index contributed by atoms with van der Waals surface area (Å²) in [5.41, 5.74) is 3.00. The van der Waals surface area contributed by atoms with E-state index >= 15 is 0 Å². The summed E-state index contributed by atoms with van der Waals surface area (Å²) in [6.07, 6.45) is 1.62. The minimum absolute atomic E-state index is 0.0728. The number of benzene rings is 3. The number of carbonyl (C=O) groups is 2. The number of hydrogen-bond acceptors (Lipinski definition) is 6. The second kappa shape index (κ2) is 10.9. The first-order valence-corrected chi connectivity index (χ1v) is 11.9. The predicted octanol–water partition coefficient (Wildman–Crippen LogP) is 5.88.